The fourth-order valence-electron chi connectivity index (χ4n) is 8.22. The van der Waals surface area contributed by atoms with E-state index in [2.05, 4.69) is 167 Å². The molecule has 0 saturated heterocycles. The molecule has 56 heavy (non-hydrogen) atoms. The summed E-state index contributed by atoms with van der Waals surface area (Å²) in [6.45, 7) is 0. The van der Waals surface area contributed by atoms with Crippen LogP contribution in [0.1, 0.15) is 0 Å². The van der Waals surface area contributed by atoms with E-state index in [1.165, 1.54) is 10.8 Å². The number of hydrogen-bond acceptors (Lipinski definition) is 5. The molecule has 0 aliphatic rings. The number of benzene rings is 8. The van der Waals surface area contributed by atoms with Gasteiger partial charge in [0.25, 0.3) is 0 Å². The fraction of sp³-hybridized carbons (Fsp3) is 0. The molecule has 7 heteroatoms. The molecule has 12 aromatic rings. The van der Waals surface area contributed by atoms with Crippen LogP contribution < -0.4 is 0 Å². The van der Waals surface area contributed by atoms with Crippen molar-refractivity contribution >= 4 is 70.9 Å². The summed E-state index contributed by atoms with van der Waals surface area (Å²) in [6.07, 6.45) is 0. The quantitative estimate of drug-likeness (QED) is 0.181. The molecule has 0 saturated carbocycles. The second-order valence-electron chi connectivity index (χ2n) is 14.2. The predicted octanol–water partition coefficient (Wildman–Crippen LogP) is 11.6. The third kappa shape index (κ3) is 4.68. The Kier molecular flexibility index (Phi) is 6.50. The number of imidazole rings is 1. The summed E-state index contributed by atoms with van der Waals surface area (Å²) in [7, 11) is 0. The topological polar surface area (TPSA) is 73.8 Å². The molecule has 8 aromatic carbocycles. The standard InChI is InChI=1S/C49H29N7/c1-3-13-32-27-34(23-21-30(32)11-1)45-52-46(35-24-22-31-12-2-4-14-33(31)28-35)54-47(53-45)36-25-26-43-39(29-36)37-15-6-9-19-42(37)55(43)49-51-40-17-7-5-16-38(40)48-50-41-18-8-10-20-44(41)56(48)49/h1-29H. The van der Waals surface area contributed by atoms with E-state index in [1.807, 2.05) is 18.2 Å². The number of hydrogen-bond donors (Lipinski definition) is 0. The van der Waals surface area contributed by atoms with E-state index in [-0.39, 0.29) is 0 Å². The van der Waals surface area contributed by atoms with Crippen molar-refractivity contribution in [3.63, 3.8) is 0 Å². The number of para-hydroxylation sites is 4. The van der Waals surface area contributed by atoms with Gasteiger partial charge >= 0.3 is 0 Å². The van der Waals surface area contributed by atoms with Gasteiger partial charge in [0, 0.05) is 32.8 Å². The SMILES string of the molecule is c1ccc2cc(-c3nc(-c4ccc5ccccc5c4)nc(-c4ccc5c(c4)c4ccccc4n5-c4nc5ccccc5c5nc6ccccc6n45)n3)ccc2c1. The predicted molar refractivity (Wildman–Crippen MR) is 227 cm³/mol. The molecule has 0 amide bonds. The van der Waals surface area contributed by atoms with Gasteiger partial charge in [0.1, 0.15) is 5.65 Å². The van der Waals surface area contributed by atoms with Gasteiger partial charge in [-0.25, -0.2) is 24.9 Å². The van der Waals surface area contributed by atoms with Gasteiger partial charge in [0.2, 0.25) is 5.95 Å². The molecule has 4 heterocycles. The summed E-state index contributed by atoms with van der Waals surface area (Å²) in [4.78, 5) is 25.9. The van der Waals surface area contributed by atoms with Crippen LogP contribution in [0, 0.1) is 0 Å². The van der Waals surface area contributed by atoms with Crippen LogP contribution in [0.3, 0.4) is 0 Å². The lowest BCUT2D eigenvalue weighted by Gasteiger charge is -2.13. The molecule has 0 aliphatic carbocycles. The molecule has 7 nitrogen and oxygen atoms in total. The van der Waals surface area contributed by atoms with Crippen LogP contribution in [0.15, 0.2) is 176 Å². The summed E-state index contributed by atoms with van der Waals surface area (Å²) >= 11 is 0. The van der Waals surface area contributed by atoms with Crippen LogP contribution >= 0.6 is 0 Å². The molecular weight excluding hydrogens is 687 g/mol. The Balaban J connectivity index is 1.10. The molecule has 0 bridgehead atoms. The van der Waals surface area contributed by atoms with Crippen LogP contribution in [0.4, 0.5) is 0 Å². The van der Waals surface area contributed by atoms with E-state index in [4.69, 9.17) is 24.9 Å². The molecule has 12 rings (SSSR count). The van der Waals surface area contributed by atoms with Crippen molar-refractivity contribution in [1.29, 1.82) is 0 Å². The average Bonchev–Trinajstić information content (AvgIpc) is 3.82. The summed E-state index contributed by atoms with van der Waals surface area (Å²) in [5.41, 5.74) is 8.54. The highest BCUT2D eigenvalue weighted by atomic mass is 15.2. The summed E-state index contributed by atoms with van der Waals surface area (Å²) in [5.74, 6) is 2.64. The van der Waals surface area contributed by atoms with Gasteiger partial charge in [-0.05, 0) is 82.2 Å². The second kappa shape index (κ2) is 11.9. The maximum absolute atomic E-state index is 5.34. The van der Waals surface area contributed by atoms with Crippen LogP contribution in [0.2, 0.25) is 0 Å². The number of rotatable bonds is 4. The Bertz CT molecular complexity index is 3460. The van der Waals surface area contributed by atoms with Gasteiger partial charge in [-0.2, -0.15) is 0 Å². The van der Waals surface area contributed by atoms with Crippen molar-refractivity contribution in [2.75, 3.05) is 0 Å². The van der Waals surface area contributed by atoms with E-state index in [0.29, 0.717) is 17.5 Å². The molecule has 0 unspecified atom stereocenters. The molecular formula is C49H29N7. The Morgan fingerprint density at radius 3 is 1.50 bits per heavy atom. The zero-order chi connectivity index (χ0) is 36.7. The molecule has 0 radical (unpaired) electrons. The van der Waals surface area contributed by atoms with Crippen molar-refractivity contribution in [1.82, 2.24) is 33.9 Å². The maximum Gasteiger partial charge on any atom is 0.221 e. The maximum atomic E-state index is 5.34. The van der Waals surface area contributed by atoms with Crippen LogP contribution in [0.5, 0.6) is 0 Å². The second-order valence-corrected chi connectivity index (χ2v) is 14.2. The molecule has 0 fully saturated rings. The van der Waals surface area contributed by atoms with Crippen molar-refractivity contribution in [3.05, 3.63) is 176 Å². The number of fused-ring (bicyclic) bond motifs is 10. The van der Waals surface area contributed by atoms with Crippen molar-refractivity contribution in [2.45, 2.75) is 0 Å². The molecule has 0 aliphatic heterocycles. The first-order valence-electron chi connectivity index (χ1n) is 18.7. The van der Waals surface area contributed by atoms with E-state index in [0.717, 1.165) is 82.8 Å². The summed E-state index contributed by atoms with van der Waals surface area (Å²) in [5, 5.41) is 7.80. The van der Waals surface area contributed by atoms with Crippen LogP contribution in [-0.4, -0.2) is 33.9 Å². The third-order valence-corrected chi connectivity index (χ3v) is 10.9. The molecule has 4 aromatic heterocycles. The third-order valence-electron chi connectivity index (χ3n) is 10.9. The van der Waals surface area contributed by atoms with Crippen molar-refractivity contribution < 1.29 is 0 Å². The smallest absolute Gasteiger partial charge is 0.221 e. The van der Waals surface area contributed by atoms with Gasteiger partial charge in [-0.15, -0.1) is 0 Å². The Hall–Kier alpha value is -7.77. The monoisotopic (exact) mass is 715 g/mol. The lowest BCUT2D eigenvalue weighted by molar-refractivity contribution is 0.979. The van der Waals surface area contributed by atoms with Crippen LogP contribution in [0.25, 0.3) is 111 Å². The molecule has 0 spiro atoms. The minimum Gasteiger partial charge on any atom is -0.279 e. The first-order chi connectivity index (χ1) is 27.7. The van der Waals surface area contributed by atoms with Crippen molar-refractivity contribution in [2.24, 2.45) is 0 Å². The van der Waals surface area contributed by atoms with E-state index < -0.39 is 0 Å². The number of aromatic nitrogens is 7. The fourth-order valence-corrected chi connectivity index (χ4v) is 8.22. The highest BCUT2D eigenvalue weighted by Crippen LogP contribution is 2.37. The van der Waals surface area contributed by atoms with Gasteiger partial charge in [0.15, 0.2) is 17.5 Å². The Morgan fingerprint density at radius 2 is 0.821 bits per heavy atom. The zero-order valence-electron chi connectivity index (χ0n) is 29.9. The minimum atomic E-state index is 0.608. The normalized spacial score (nSPS) is 11.9. The van der Waals surface area contributed by atoms with E-state index in [1.54, 1.807) is 0 Å². The molecule has 0 N–H and O–H groups in total. The lowest BCUT2D eigenvalue weighted by atomic mass is 10.1. The van der Waals surface area contributed by atoms with Crippen LogP contribution in [-0.2, 0) is 0 Å². The molecule has 260 valence electrons. The summed E-state index contributed by atoms with van der Waals surface area (Å²) in [6, 6.07) is 61.0. The van der Waals surface area contributed by atoms with Gasteiger partial charge in [-0.3, -0.25) is 8.97 Å². The van der Waals surface area contributed by atoms with Gasteiger partial charge in [-0.1, -0.05) is 115 Å². The summed E-state index contributed by atoms with van der Waals surface area (Å²) < 4.78 is 4.45. The minimum absolute atomic E-state index is 0.608. The van der Waals surface area contributed by atoms with E-state index in [9.17, 15) is 0 Å². The molecule has 0 atom stereocenters. The Labute approximate surface area is 319 Å². The first kappa shape index (κ1) is 30.7. The lowest BCUT2D eigenvalue weighted by Crippen LogP contribution is -2.06. The highest BCUT2D eigenvalue weighted by Gasteiger charge is 2.21. The Morgan fingerprint density at radius 1 is 0.321 bits per heavy atom. The van der Waals surface area contributed by atoms with Gasteiger partial charge < -0.3 is 0 Å². The largest absolute Gasteiger partial charge is 0.279 e. The first-order valence-corrected chi connectivity index (χ1v) is 18.7. The van der Waals surface area contributed by atoms with Gasteiger partial charge in [0.05, 0.1) is 27.6 Å². The zero-order valence-corrected chi connectivity index (χ0v) is 29.9. The number of nitrogens with zero attached hydrogens (tertiary/aromatic N) is 7. The van der Waals surface area contributed by atoms with E-state index >= 15 is 0 Å². The van der Waals surface area contributed by atoms with Crippen molar-refractivity contribution in [3.8, 4) is 40.1 Å². The average molecular weight is 716 g/mol. The highest BCUT2D eigenvalue weighted by molar-refractivity contribution is 6.10.